The Kier molecular flexibility index (Phi) is 5.81. The zero-order valence-corrected chi connectivity index (χ0v) is 16.3. The van der Waals surface area contributed by atoms with Gasteiger partial charge in [0.1, 0.15) is 10.8 Å². The van der Waals surface area contributed by atoms with Crippen molar-refractivity contribution in [2.45, 2.75) is 17.2 Å². The standard InChI is InChI=1S/C21H18FN5OS/c22-17-8-6-16(7-9-17)21(28)23-13-12-19-25-24-18-10-11-20(26-27(18)19)29-14-15-4-2-1-3-5-15/h1-11H,12-14H2,(H,23,28). The zero-order valence-electron chi connectivity index (χ0n) is 15.5. The molecule has 0 spiro atoms. The molecule has 4 aromatic rings. The van der Waals surface area contributed by atoms with Crippen LogP contribution in [0.4, 0.5) is 4.39 Å². The number of amides is 1. The van der Waals surface area contributed by atoms with Crippen LogP contribution in [-0.2, 0) is 12.2 Å². The SMILES string of the molecule is O=C(NCCc1nnc2ccc(SCc3ccccc3)nn12)c1ccc(F)cc1. The van der Waals surface area contributed by atoms with E-state index in [0.717, 1.165) is 10.8 Å². The fourth-order valence-electron chi connectivity index (χ4n) is 2.77. The maximum Gasteiger partial charge on any atom is 0.251 e. The van der Waals surface area contributed by atoms with E-state index < -0.39 is 0 Å². The maximum absolute atomic E-state index is 13.0. The van der Waals surface area contributed by atoms with E-state index in [1.54, 1.807) is 16.3 Å². The lowest BCUT2D eigenvalue weighted by molar-refractivity contribution is 0.0954. The Balaban J connectivity index is 1.38. The van der Waals surface area contributed by atoms with Gasteiger partial charge in [0.25, 0.3) is 5.91 Å². The summed E-state index contributed by atoms with van der Waals surface area (Å²) in [4.78, 5) is 12.1. The van der Waals surface area contributed by atoms with Crippen molar-refractivity contribution in [1.82, 2.24) is 25.1 Å². The number of rotatable bonds is 7. The number of nitrogens with one attached hydrogen (secondary N) is 1. The molecule has 1 amide bonds. The molecule has 6 nitrogen and oxygen atoms in total. The third-order valence-electron chi connectivity index (χ3n) is 4.27. The van der Waals surface area contributed by atoms with E-state index in [4.69, 9.17) is 0 Å². The van der Waals surface area contributed by atoms with Crippen molar-refractivity contribution in [2.75, 3.05) is 6.54 Å². The fourth-order valence-corrected chi connectivity index (χ4v) is 3.58. The van der Waals surface area contributed by atoms with Gasteiger partial charge in [-0.3, -0.25) is 4.79 Å². The van der Waals surface area contributed by atoms with Crippen molar-refractivity contribution in [1.29, 1.82) is 0 Å². The molecule has 1 N–H and O–H groups in total. The topological polar surface area (TPSA) is 72.2 Å². The van der Waals surface area contributed by atoms with Crippen LogP contribution < -0.4 is 5.32 Å². The molecule has 0 saturated heterocycles. The highest BCUT2D eigenvalue weighted by molar-refractivity contribution is 7.98. The van der Waals surface area contributed by atoms with Crippen LogP contribution in [0.25, 0.3) is 5.65 Å². The largest absolute Gasteiger partial charge is 0.352 e. The highest BCUT2D eigenvalue weighted by Crippen LogP contribution is 2.21. The molecule has 0 fully saturated rings. The minimum Gasteiger partial charge on any atom is -0.352 e. The monoisotopic (exact) mass is 407 g/mol. The molecular formula is C21H18FN5OS. The van der Waals surface area contributed by atoms with Gasteiger partial charge in [-0.25, -0.2) is 4.39 Å². The maximum atomic E-state index is 13.0. The first-order valence-corrected chi connectivity index (χ1v) is 10.1. The second-order valence-corrected chi connectivity index (χ2v) is 7.34. The molecule has 4 rings (SSSR count). The highest BCUT2D eigenvalue weighted by atomic mass is 32.2. The molecule has 8 heteroatoms. The molecule has 2 heterocycles. The second-order valence-electron chi connectivity index (χ2n) is 6.34. The van der Waals surface area contributed by atoms with Crippen molar-refractivity contribution in [3.05, 3.63) is 89.5 Å². The van der Waals surface area contributed by atoms with Gasteiger partial charge in [0.05, 0.1) is 0 Å². The predicted molar refractivity (Wildman–Crippen MR) is 109 cm³/mol. The molecule has 29 heavy (non-hydrogen) atoms. The molecule has 0 aliphatic heterocycles. The van der Waals surface area contributed by atoms with Crippen LogP contribution in [0.5, 0.6) is 0 Å². The smallest absolute Gasteiger partial charge is 0.251 e. The summed E-state index contributed by atoms with van der Waals surface area (Å²) in [5.74, 6) is 0.862. The third-order valence-corrected chi connectivity index (χ3v) is 5.26. The normalized spacial score (nSPS) is 10.9. The molecule has 0 unspecified atom stereocenters. The summed E-state index contributed by atoms with van der Waals surface area (Å²) in [7, 11) is 0. The van der Waals surface area contributed by atoms with Crippen LogP contribution in [0, 0.1) is 5.82 Å². The van der Waals surface area contributed by atoms with Gasteiger partial charge in [-0.05, 0) is 42.0 Å². The molecule has 0 saturated carbocycles. The number of carbonyl (C=O) groups is 1. The van der Waals surface area contributed by atoms with Crippen LogP contribution in [0.1, 0.15) is 21.7 Å². The first kappa shape index (κ1) is 19.1. The quantitative estimate of drug-likeness (QED) is 0.475. The summed E-state index contributed by atoms with van der Waals surface area (Å²) in [5.41, 5.74) is 2.30. The highest BCUT2D eigenvalue weighted by Gasteiger charge is 2.10. The summed E-state index contributed by atoms with van der Waals surface area (Å²) in [5, 5.41) is 16.6. The first-order valence-electron chi connectivity index (χ1n) is 9.11. The van der Waals surface area contributed by atoms with E-state index in [-0.39, 0.29) is 11.7 Å². The average Bonchev–Trinajstić information content (AvgIpc) is 3.16. The fraction of sp³-hybridized carbons (Fsp3) is 0.143. The minimum absolute atomic E-state index is 0.258. The van der Waals surface area contributed by atoms with Gasteiger partial charge in [0, 0.05) is 24.3 Å². The lowest BCUT2D eigenvalue weighted by Gasteiger charge is -2.05. The van der Waals surface area contributed by atoms with Crippen molar-refractivity contribution in [3.63, 3.8) is 0 Å². The summed E-state index contributed by atoms with van der Waals surface area (Å²) in [6, 6.07) is 19.4. The number of halogens is 1. The van der Waals surface area contributed by atoms with Crippen LogP contribution in [-0.4, -0.2) is 32.3 Å². The van der Waals surface area contributed by atoms with Gasteiger partial charge in [-0.1, -0.05) is 42.1 Å². The van der Waals surface area contributed by atoms with E-state index in [9.17, 15) is 9.18 Å². The van der Waals surface area contributed by atoms with E-state index in [1.807, 2.05) is 30.3 Å². The lowest BCUT2D eigenvalue weighted by Crippen LogP contribution is -2.26. The lowest BCUT2D eigenvalue weighted by atomic mass is 10.2. The Labute approximate surface area is 171 Å². The van der Waals surface area contributed by atoms with Crippen molar-refractivity contribution in [2.24, 2.45) is 0 Å². The number of thioether (sulfide) groups is 1. The van der Waals surface area contributed by atoms with Gasteiger partial charge < -0.3 is 5.32 Å². The summed E-state index contributed by atoms with van der Waals surface area (Å²) in [6.07, 6.45) is 0.480. The van der Waals surface area contributed by atoms with E-state index >= 15 is 0 Å². The minimum atomic E-state index is -0.372. The molecule has 0 aliphatic rings. The number of fused-ring (bicyclic) bond motifs is 1. The van der Waals surface area contributed by atoms with Gasteiger partial charge in [0.2, 0.25) is 0 Å². The third kappa shape index (κ3) is 4.78. The number of nitrogens with zero attached hydrogens (tertiary/aromatic N) is 4. The summed E-state index contributed by atoms with van der Waals surface area (Å²) < 4.78 is 14.7. The van der Waals surface area contributed by atoms with Crippen LogP contribution in [0.15, 0.2) is 71.8 Å². The molecule has 2 aromatic carbocycles. The van der Waals surface area contributed by atoms with Gasteiger partial charge >= 0.3 is 0 Å². The molecular weight excluding hydrogens is 389 g/mol. The predicted octanol–water partition coefficient (Wildman–Crippen LogP) is 3.53. The van der Waals surface area contributed by atoms with Gasteiger partial charge in [0.15, 0.2) is 11.5 Å². The first-order chi connectivity index (χ1) is 14.2. The van der Waals surface area contributed by atoms with Crippen LogP contribution in [0.3, 0.4) is 0 Å². The van der Waals surface area contributed by atoms with Gasteiger partial charge in [-0.15, -0.1) is 10.2 Å². The molecule has 0 aliphatic carbocycles. The molecule has 2 aromatic heterocycles. The zero-order chi connectivity index (χ0) is 20.1. The van der Waals surface area contributed by atoms with Gasteiger partial charge in [-0.2, -0.15) is 9.61 Å². The Bertz CT molecular complexity index is 1120. The summed E-state index contributed by atoms with van der Waals surface area (Å²) >= 11 is 1.64. The number of hydrogen-bond donors (Lipinski definition) is 1. The Morgan fingerprint density at radius 3 is 2.59 bits per heavy atom. The van der Waals surface area contributed by atoms with Crippen LogP contribution in [0.2, 0.25) is 0 Å². The van der Waals surface area contributed by atoms with E-state index in [2.05, 4.69) is 32.7 Å². The molecule has 0 radical (unpaired) electrons. The van der Waals surface area contributed by atoms with E-state index in [0.29, 0.717) is 30.0 Å². The molecule has 0 bridgehead atoms. The average molecular weight is 407 g/mol. The molecule has 0 atom stereocenters. The Hall–Kier alpha value is -3.26. The van der Waals surface area contributed by atoms with Crippen molar-refractivity contribution < 1.29 is 9.18 Å². The van der Waals surface area contributed by atoms with Crippen LogP contribution >= 0.6 is 11.8 Å². The van der Waals surface area contributed by atoms with Crippen molar-refractivity contribution >= 4 is 23.3 Å². The Morgan fingerprint density at radius 2 is 1.79 bits per heavy atom. The second kappa shape index (κ2) is 8.83. The molecule has 146 valence electrons. The number of benzene rings is 2. The number of hydrogen-bond acceptors (Lipinski definition) is 5. The Morgan fingerprint density at radius 1 is 1.00 bits per heavy atom. The van der Waals surface area contributed by atoms with E-state index in [1.165, 1.54) is 29.8 Å². The number of aromatic nitrogens is 4. The number of carbonyl (C=O) groups excluding carboxylic acids is 1. The summed E-state index contributed by atoms with van der Waals surface area (Å²) in [6.45, 7) is 0.375. The van der Waals surface area contributed by atoms with Crippen molar-refractivity contribution in [3.8, 4) is 0 Å².